The highest BCUT2D eigenvalue weighted by atomic mass is 16.5. The number of carbonyl (C=O) groups excluding carboxylic acids is 2. The number of esters is 2. The predicted octanol–water partition coefficient (Wildman–Crippen LogP) is 7.98. The van der Waals surface area contributed by atoms with Crippen LogP contribution in [-0.4, -0.2) is 71.7 Å². The maximum absolute atomic E-state index is 11.8. The molecule has 0 unspecified atom stereocenters. The van der Waals surface area contributed by atoms with Crippen molar-refractivity contribution in [2.24, 2.45) is 16.7 Å². The lowest BCUT2D eigenvalue weighted by atomic mass is 9.93. The molecule has 2 saturated heterocycles. The summed E-state index contributed by atoms with van der Waals surface area (Å²) in [6.45, 7) is 37.7. The number of rotatable bonds is 3. The molecule has 0 radical (unpaired) electrons. The minimum Gasteiger partial charge on any atom is -0.465 e. The van der Waals surface area contributed by atoms with Crippen LogP contribution in [0.15, 0.2) is 0 Å². The zero-order valence-electron chi connectivity index (χ0n) is 29.0. The summed E-state index contributed by atoms with van der Waals surface area (Å²) in [7, 11) is 0. The van der Waals surface area contributed by atoms with Crippen molar-refractivity contribution in [3.05, 3.63) is 0 Å². The predicted molar refractivity (Wildman–Crippen MR) is 167 cm³/mol. The minimum absolute atomic E-state index is 0.0771. The molecule has 234 valence electrons. The average Bonchev–Trinajstić information content (AvgIpc) is 2.84. The summed E-state index contributed by atoms with van der Waals surface area (Å²) >= 11 is 0. The monoisotopic (exact) mass is 557 g/mol. The van der Waals surface area contributed by atoms with Crippen LogP contribution in [0, 0.1) is 16.7 Å². The first-order valence-electron chi connectivity index (χ1n) is 15.6. The van der Waals surface area contributed by atoms with Crippen molar-refractivity contribution in [3.8, 4) is 0 Å². The van der Waals surface area contributed by atoms with Crippen LogP contribution in [0.5, 0.6) is 0 Å². The number of likely N-dealkylation sites (tertiary alicyclic amines) is 2. The maximum atomic E-state index is 11.8. The van der Waals surface area contributed by atoms with Gasteiger partial charge >= 0.3 is 11.9 Å². The molecule has 0 amide bonds. The molecule has 0 N–H and O–H groups in total. The van der Waals surface area contributed by atoms with Crippen LogP contribution in [-0.2, 0) is 19.1 Å². The molecule has 2 heterocycles. The lowest BCUT2D eigenvalue weighted by Gasteiger charge is -2.40. The first-order chi connectivity index (χ1) is 17.7. The summed E-state index contributed by atoms with van der Waals surface area (Å²) in [6, 6.07) is 0. The Labute approximate surface area is 243 Å². The Bertz CT molecular complexity index is 662. The third kappa shape index (κ3) is 16.7. The highest BCUT2D eigenvalue weighted by Gasteiger charge is 2.32. The molecule has 0 atom stereocenters. The van der Waals surface area contributed by atoms with E-state index in [0.29, 0.717) is 12.5 Å². The van der Waals surface area contributed by atoms with Gasteiger partial charge in [-0.25, -0.2) is 0 Å². The third-order valence-electron chi connectivity index (χ3n) is 6.90. The molecule has 2 rings (SSSR count). The first-order valence-corrected chi connectivity index (χ1v) is 15.6. The van der Waals surface area contributed by atoms with Crippen molar-refractivity contribution < 1.29 is 19.1 Å². The van der Waals surface area contributed by atoms with Gasteiger partial charge in [-0.3, -0.25) is 19.4 Å². The smallest absolute Gasteiger partial charge is 0.311 e. The second kappa shape index (κ2) is 17.6. The van der Waals surface area contributed by atoms with Crippen molar-refractivity contribution in [1.82, 2.24) is 9.80 Å². The standard InChI is InChI=1S/C15H29NO2.C14H27NO2.2C2H6/c1-14(2,3)13(17)18-11-12-7-9-16(10-8-12)15(4,5)6;1-13(2,3)12(16)17-11-7-9-15(10-8-11)14(4,5)6;2*1-2/h12H,7-11H2,1-6H3;11H,7-10H2,1-6H3;2*1-2H3. The van der Waals surface area contributed by atoms with Crippen LogP contribution in [0.4, 0.5) is 0 Å². The van der Waals surface area contributed by atoms with Crippen molar-refractivity contribution in [3.63, 3.8) is 0 Å². The van der Waals surface area contributed by atoms with Crippen molar-refractivity contribution in [2.75, 3.05) is 32.8 Å². The number of hydrogen-bond donors (Lipinski definition) is 0. The molecule has 0 bridgehead atoms. The molecular formula is C33H68N2O4. The number of piperidine rings is 2. The number of nitrogens with zero attached hydrogens (tertiary/aromatic N) is 2. The van der Waals surface area contributed by atoms with Gasteiger partial charge in [0.15, 0.2) is 0 Å². The second-order valence-electron chi connectivity index (χ2n) is 14.5. The average molecular weight is 557 g/mol. The van der Waals surface area contributed by atoms with Gasteiger partial charge in [-0.1, -0.05) is 27.7 Å². The van der Waals surface area contributed by atoms with Crippen LogP contribution >= 0.6 is 0 Å². The van der Waals surface area contributed by atoms with Crippen LogP contribution in [0.3, 0.4) is 0 Å². The molecule has 2 aliphatic rings. The van der Waals surface area contributed by atoms with E-state index >= 15 is 0 Å². The molecule has 2 aliphatic heterocycles. The van der Waals surface area contributed by atoms with Crippen LogP contribution in [0.25, 0.3) is 0 Å². The molecule has 6 nitrogen and oxygen atoms in total. The zero-order valence-corrected chi connectivity index (χ0v) is 29.0. The van der Waals surface area contributed by atoms with Crippen LogP contribution in [0.2, 0.25) is 0 Å². The Morgan fingerprint density at radius 3 is 1.23 bits per heavy atom. The van der Waals surface area contributed by atoms with E-state index in [1.807, 2.05) is 69.2 Å². The number of hydrogen-bond acceptors (Lipinski definition) is 6. The van der Waals surface area contributed by atoms with Crippen LogP contribution in [0.1, 0.15) is 136 Å². The molecule has 0 aromatic heterocycles. The van der Waals surface area contributed by atoms with E-state index in [-0.39, 0.29) is 40.0 Å². The normalized spacial score (nSPS) is 18.4. The Morgan fingerprint density at radius 2 is 0.923 bits per heavy atom. The van der Waals surface area contributed by atoms with Crippen molar-refractivity contribution in [2.45, 2.75) is 154 Å². The second-order valence-corrected chi connectivity index (χ2v) is 14.5. The van der Waals surface area contributed by atoms with E-state index in [1.165, 1.54) is 0 Å². The van der Waals surface area contributed by atoms with Gasteiger partial charge in [0.05, 0.1) is 17.4 Å². The highest BCUT2D eigenvalue weighted by Crippen LogP contribution is 2.26. The molecular weight excluding hydrogens is 488 g/mol. The Hall–Kier alpha value is -1.14. The number of ether oxygens (including phenoxy) is 2. The van der Waals surface area contributed by atoms with Gasteiger partial charge in [0, 0.05) is 24.2 Å². The maximum Gasteiger partial charge on any atom is 0.311 e. The van der Waals surface area contributed by atoms with Gasteiger partial charge in [0.25, 0.3) is 0 Å². The van der Waals surface area contributed by atoms with Crippen molar-refractivity contribution >= 4 is 11.9 Å². The van der Waals surface area contributed by atoms with Gasteiger partial charge in [-0.05, 0) is 128 Å². The topological polar surface area (TPSA) is 59.1 Å². The van der Waals surface area contributed by atoms with Gasteiger partial charge in [0.1, 0.15) is 6.10 Å². The lowest BCUT2D eigenvalue weighted by molar-refractivity contribution is -0.161. The van der Waals surface area contributed by atoms with Crippen LogP contribution < -0.4 is 0 Å². The van der Waals surface area contributed by atoms with E-state index in [1.54, 1.807) is 0 Å². The summed E-state index contributed by atoms with van der Waals surface area (Å²) in [4.78, 5) is 28.4. The fourth-order valence-corrected chi connectivity index (χ4v) is 4.15. The fourth-order valence-electron chi connectivity index (χ4n) is 4.15. The van der Waals surface area contributed by atoms with E-state index in [2.05, 4.69) is 51.3 Å². The Balaban J connectivity index is 0. The fraction of sp³-hybridized carbons (Fsp3) is 0.939. The van der Waals surface area contributed by atoms with E-state index in [0.717, 1.165) is 51.9 Å². The van der Waals surface area contributed by atoms with Crippen molar-refractivity contribution in [1.29, 1.82) is 0 Å². The highest BCUT2D eigenvalue weighted by molar-refractivity contribution is 5.75. The summed E-state index contributed by atoms with van der Waals surface area (Å²) in [5.74, 6) is 0.377. The summed E-state index contributed by atoms with van der Waals surface area (Å²) < 4.78 is 11.0. The largest absolute Gasteiger partial charge is 0.465 e. The van der Waals surface area contributed by atoms with Gasteiger partial charge < -0.3 is 9.47 Å². The number of carbonyl (C=O) groups is 2. The first kappa shape index (κ1) is 40.0. The molecule has 39 heavy (non-hydrogen) atoms. The molecule has 0 spiro atoms. The lowest BCUT2D eigenvalue weighted by Crippen LogP contribution is -2.48. The quantitative estimate of drug-likeness (QED) is 0.329. The minimum atomic E-state index is -0.388. The van der Waals surface area contributed by atoms with E-state index in [9.17, 15) is 9.59 Å². The van der Waals surface area contributed by atoms with E-state index < -0.39 is 0 Å². The zero-order chi connectivity index (χ0) is 31.2. The third-order valence-corrected chi connectivity index (χ3v) is 6.90. The Morgan fingerprint density at radius 1 is 0.590 bits per heavy atom. The van der Waals surface area contributed by atoms with Gasteiger partial charge in [-0.15, -0.1) is 0 Å². The molecule has 0 aromatic rings. The molecule has 6 heteroatoms. The van der Waals surface area contributed by atoms with Gasteiger partial charge in [0.2, 0.25) is 0 Å². The van der Waals surface area contributed by atoms with E-state index in [4.69, 9.17) is 9.47 Å². The summed E-state index contributed by atoms with van der Waals surface area (Å²) in [5.41, 5.74) is -0.292. The molecule has 0 saturated carbocycles. The molecule has 0 aliphatic carbocycles. The molecule has 0 aromatic carbocycles. The molecule has 2 fully saturated rings. The summed E-state index contributed by atoms with van der Waals surface area (Å²) in [6.07, 6.45) is 4.29. The summed E-state index contributed by atoms with van der Waals surface area (Å²) in [5, 5.41) is 0. The van der Waals surface area contributed by atoms with Gasteiger partial charge in [-0.2, -0.15) is 0 Å². The SMILES string of the molecule is CC.CC.CC(C)(C)C(=O)OC1CCN(C(C)(C)C)CC1.CC(C)(C)C(=O)OCC1CCN(C(C)(C)C)CC1. The Kier molecular flexibility index (Phi) is 18.1.